The second-order valence-electron chi connectivity index (χ2n) is 14.7. The number of pyridine rings is 1. The zero-order valence-electron chi connectivity index (χ0n) is 31.0. The molecule has 6 heterocycles. The number of carbonyl (C=O) groups excluding carboxylic acids is 5. The molecule has 4 aliphatic heterocycles. The zero-order valence-corrected chi connectivity index (χ0v) is 31.8. The summed E-state index contributed by atoms with van der Waals surface area (Å²) in [6.07, 6.45) is 5.26. The Labute approximate surface area is 331 Å². The molecule has 0 aliphatic carbocycles. The first-order chi connectivity index (χ1) is 27.6. The van der Waals surface area contributed by atoms with Gasteiger partial charge in [-0.2, -0.15) is 0 Å². The van der Waals surface area contributed by atoms with Crippen LogP contribution in [0.2, 0.25) is 0 Å². The van der Waals surface area contributed by atoms with Gasteiger partial charge in [-0.05, 0) is 85.8 Å². The molecular formula is C40H41F2N9O5S. The van der Waals surface area contributed by atoms with Gasteiger partial charge in [0.15, 0.2) is 5.13 Å². The van der Waals surface area contributed by atoms with Gasteiger partial charge in [0.05, 0.1) is 13.1 Å². The van der Waals surface area contributed by atoms with Crippen molar-refractivity contribution >= 4 is 57.5 Å². The Morgan fingerprint density at radius 3 is 2.39 bits per heavy atom. The van der Waals surface area contributed by atoms with Gasteiger partial charge < -0.3 is 25.3 Å². The SMILES string of the molecule is O=C1CC[C@H](Nc2ccc(C3CCN(CC(=O)N4CCN(c5ccc(-c6cc(F)c7c(c6)C(=O)N(CC(=O)Nc6nccs6)C7)cn5)CC4)CC3)c(F)c2)C(=O)N1. The predicted octanol–water partition coefficient (Wildman–Crippen LogP) is 3.82. The predicted molar refractivity (Wildman–Crippen MR) is 209 cm³/mol. The Morgan fingerprint density at radius 1 is 0.877 bits per heavy atom. The number of benzene rings is 2. The van der Waals surface area contributed by atoms with Crippen molar-refractivity contribution in [2.45, 2.75) is 44.2 Å². The molecular weight excluding hydrogens is 757 g/mol. The van der Waals surface area contributed by atoms with E-state index in [1.165, 1.54) is 28.4 Å². The van der Waals surface area contributed by atoms with E-state index in [1.54, 1.807) is 36.0 Å². The normalized spacial score (nSPS) is 19.1. The number of nitrogens with one attached hydrogen (secondary N) is 3. The van der Waals surface area contributed by atoms with Gasteiger partial charge in [0, 0.05) is 72.8 Å². The van der Waals surface area contributed by atoms with Crippen molar-refractivity contribution in [2.24, 2.45) is 0 Å². The van der Waals surface area contributed by atoms with Gasteiger partial charge in [-0.25, -0.2) is 18.7 Å². The average molecular weight is 798 g/mol. The molecule has 14 nitrogen and oxygen atoms in total. The number of rotatable bonds is 10. The van der Waals surface area contributed by atoms with E-state index in [9.17, 15) is 24.0 Å². The molecule has 3 N–H and O–H groups in total. The highest BCUT2D eigenvalue weighted by Crippen LogP contribution is 2.33. The molecule has 5 amide bonds. The maximum absolute atomic E-state index is 15.3. The second kappa shape index (κ2) is 16.3. The summed E-state index contributed by atoms with van der Waals surface area (Å²) in [6.45, 7) is 3.71. The van der Waals surface area contributed by atoms with Crippen LogP contribution in [-0.4, -0.2) is 113 Å². The quantitative estimate of drug-likeness (QED) is 0.202. The van der Waals surface area contributed by atoms with E-state index in [1.807, 2.05) is 17.0 Å². The lowest BCUT2D eigenvalue weighted by molar-refractivity contribution is -0.134. The zero-order chi connectivity index (χ0) is 39.6. The van der Waals surface area contributed by atoms with Crippen molar-refractivity contribution < 1.29 is 32.8 Å². The number of imide groups is 1. The fourth-order valence-corrected chi connectivity index (χ4v) is 8.48. The van der Waals surface area contributed by atoms with Gasteiger partial charge in [0.25, 0.3) is 5.91 Å². The third-order valence-electron chi connectivity index (χ3n) is 11.1. The molecule has 2 aromatic heterocycles. The first kappa shape index (κ1) is 38.1. The number of thiazole rings is 1. The number of amides is 5. The molecule has 8 rings (SSSR count). The molecule has 0 saturated carbocycles. The number of aromatic nitrogens is 2. The Hall–Kier alpha value is -5.81. The van der Waals surface area contributed by atoms with Crippen molar-refractivity contribution in [1.29, 1.82) is 0 Å². The average Bonchev–Trinajstić information content (AvgIpc) is 3.84. The van der Waals surface area contributed by atoms with Gasteiger partial charge in [-0.15, -0.1) is 11.3 Å². The Bertz CT molecular complexity index is 2190. The van der Waals surface area contributed by atoms with Crippen molar-refractivity contribution in [3.63, 3.8) is 0 Å². The number of carbonyl (C=O) groups is 5. The van der Waals surface area contributed by atoms with Crippen molar-refractivity contribution in [3.05, 3.63) is 88.6 Å². The lowest BCUT2D eigenvalue weighted by Crippen LogP contribution is -2.52. The highest BCUT2D eigenvalue weighted by atomic mass is 32.1. The standard InChI is InChI=1S/C40H41F2N9O5S/c41-31-18-26(17-29-30(31)21-51(39(29)56)22-36(53)47-40-43-9-16-57-40)25-1-5-34(44-20-25)49-12-14-50(15-13-49)37(54)23-48-10-7-24(8-11-48)28-3-2-27(19-32(28)42)45-33-4-6-35(52)46-38(33)55/h1-3,5,9,16-20,24,33,45H,4,6-8,10-15,21-23H2,(H,43,47,53)(H,46,52,55)/t33-/m0/s1. The van der Waals surface area contributed by atoms with E-state index in [2.05, 4.69) is 35.7 Å². The molecule has 4 aliphatic rings. The number of hydrogen-bond donors (Lipinski definition) is 3. The molecule has 0 unspecified atom stereocenters. The number of piperazine rings is 1. The third-order valence-corrected chi connectivity index (χ3v) is 11.8. The second-order valence-corrected chi connectivity index (χ2v) is 15.6. The Kier molecular flexibility index (Phi) is 10.9. The van der Waals surface area contributed by atoms with Crippen LogP contribution < -0.4 is 20.9 Å². The highest BCUT2D eigenvalue weighted by molar-refractivity contribution is 7.13. The molecule has 296 valence electrons. The summed E-state index contributed by atoms with van der Waals surface area (Å²) in [5, 5.41) is 10.1. The monoisotopic (exact) mass is 797 g/mol. The molecule has 3 saturated heterocycles. The summed E-state index contributed by atoms with van der Waals surface area (Å²) < 4.78 is 30.4. The van der Waals surface area contributed by atoms with E-state index >= 15 is 8.78 Å². The van der Waals surface area contributed by atoms with Crippen LogP contribution in [0.25, 0.3) is 11.1 Å². The first-order valence-corrected chi connectivity index (χ1v) is 19.9. The van der Waals surface area contributed by atoms with E-state index in [0.29, 0.717) is 79.7 Å². The van der Waals surface area contributed by atoms with E-state index in [-0.39, 0.29) is 54.2 Å². The minimum Gasteiger partial charge on any atom is -0.374 e. The smallest absolute Gasteiger partial charge is 0.255 e. The molecule has 0 spiro atoms. The number of nitrogens with zero attached hydrogens (tertiary/aromatic N) is 6. The maximum Gasteiger partial charge on any atom is 0.255 e. The first-order valence-electron chi connectivity index (χ1n) is 19.0. The van der Waals surface area contributed by atoms with Crippen LogP contribution in [0.4, 0.5) is 25.4 Å². The lowest BCUT2D eigenvalue weighted by Gasteiger charge is -2.37. The summed E-state index contributed by atoms with van der Waals surface area (Å²) in [5.74, 6) is -1.57. The lowest BCUT2D eigenvalue weighted by atomic mass is 9.89. The maximum atomic E-state index is 15.3. The summed E-state index contributed by atoms with van der Waals surface area (Å²) >= 11 is 1.27. The van der Waals surface area contributed by atoms with Crippen LogP contribution in [0.5, 0.6) is 0 Å². The summed E-state index contributed by atoms with van der Waals surface area (Å²) in [7, 11) is 0. The summed E-state index contributed by atoms with van der Waals surface area (Å²) in [5.41, 5.74) is 2.76. The van der Waals surface area contributed by atoms with Gasteiger partial charge in [-0.3, -0.25) is 34.2 Å². The van der Waals surface area contributed by atoms with Gasteiger partial charge in [0.2, 0.25) is 23.6 Å². The highest BCUT2D eigenvalue weighted by Gasteiger charge is 2.33. The van der Waals surface area contributed by atoms with Crippen LogP contribution in [0.1, 0.15) is 53.1 Å². The summed E-state index contributed by atoms with van der Waals surface area (Å²) in [6, 6.07) is 11.1. The minimum absolute atomic E-state index is 0.00231. The van der Waals surface area contributed by atoms with E-state index < -0.39 is 29.6 Å². The van der Waals surface area contributed by atoms with Crippen LogP contribution in [0.15, 0.2) is 60.2 Å². The number of halogens is 2. The molecule has 4 aromatic rings. The van der Waals surface area contributed by atoms with Crippen molar-refractivity contribution in [3.8, 4) is 11.1 Å². The fraction of sp³-hybridized carbons (Fsp3) is 0.375. The molecule has 0 bridgehead atoms. The third kappa shape index (κ3) is 8.49. The molecule has 1 atom stereocenters. The molecule has 3 fully saturated rings. The minimum atomic E-state index is -0.581. The molecule has 57 heavy (non-hydrogen) atoms. The van der Waals surface area contributed by atoms with E-state index in [0.717, 1.165) is 18.7 Å². The van der Waals surface area contributed by atoms with Crippen molar-refractivity contribution in [2.75, 3.05) is 67.9 Å². The topological polar surface area (TPSA) is 160 Å². The fourth-order valence-electron chi connectivity index (χ4n) is 7.94. The van der Waals surface area contributed by atoms with Gasteiger partial charge in [-0.1, -0.05) is 6.07 Å². The Balaban J connectivity index is 0.792. The van der Waals surface area contributed by atoms with E-state index in [4.69, 9.17) is 0 Å². The van der Waals surface area contributed by atoms with Crippen molar-refractivity contribution in [1.82, 2.24) is 30.0 Å². The van der Waals surface area contributed by atoms with Gasteiger partial charge in [0.1, 0.15) is 30.0 Å². The Morgan fingerprint density at radius 2 is 1.68 bits per heavy atom. The number of anilines is 3. The van der Waals surface area contributed by atoms with Crippen LogP contribution >= 0.6 is 11.3 Å². The number of fused-ring (bicyclic) bond motifs is 1. The number of hydrogen-bond acceptors (Lipinski definition) is 11. The number of piperidine rings is 2. The summed E-state index contributed by atoms with van der Waals surface area (Å²) in [4.78, 5) is 78.4. The van der Waals surface area contributed by atoms with Gasteiger partial charge >= 0.3 is 0 Å². The molecule has 17 heteroatoms. The largest absolute Gasteiger partial charge is 0.374 e. The number of likely N-dealkylation sites (tertiary alicyclic amines) is 1. The molecule has 2 aromatic carbocycles. The molecule has 0 radical (unpaired) electrons. The van der Waals surface area contributed by atoms with Crippen LogP contribution in [0, 0.1) is 11.6 Å². The van der Waals surface area contributed by atoms with Crippen LogP contribution in [0.3, 0.4) is 0 Å². The van der Waals surface area contributed by atoms with Crippen LogP contribution in [-0.2, 0) is 25.7 Å².